The van der Waals surface area contributed by atoms with Gasteiger partial charge in [-0.3, -0.25) is 0 Å². The average Bonchev–Trinajstić information content (AvgIpc) is 2.38. The summed E-state index contributed by atoms with van der Waals surface area (Å²) in [5, 5.41) is 0. The molecule has 0 aromatic carbocycles. The molecule has 2 heteroatoms. The number of allylic oxidation sites excluding steroid dienone is 4. The molecule has 0 N–H and O–H groups in total. The minimum absolute atomic E-state index is 0.255. The molecule has 0 rings (SSSR count). The minimum Gasteiger partial charge on any atom is -0.207 e. The lowest BCUT2D eigenvalue weighted by Gasteiger charge is -1.78. The Kier molecular flexibility index (Phi) is 115. The molecule has 0 aliphatic heterocycles. The predicted octanol–water partition coefficient (Wildman–Crippen LogP) is 6.17. The summed E-state index contributed by atoms with van der Waals surface area (Å²) in [6, 6.07) is 0. The van der Waals surface area contributed by atoms with Crippen LogP contribution in [-0.2, 0) is 0 Å². The summed E-state index contributed by atoms with van der Waals surface area (Å²) in [7, 11) is 2.39. The summed E-state index contributed by atoms with van der Waals surface area (Å²) in [5.41, 5.74) is 0. The lowest BCUT2D eigenvalue weighted by Crippen LogP contribution is -1.62. The Labute approximate surface area is 106 Å². The monoisotopic (exact) mass is 250 g/mol. The highest BCUT2D eigenvalue weighted by molar-refractivity contribution is 7.16. The lowest BCUT2D eigenvalue weighted by molar-refractivity contribution is 0.666. The molecule has 0 saturated carbocycles. The summed E-state index contributed by atoms with van der Waals surface area (Å²) < 4.78 is 11.9. The summed E-state index contributed by atoms with van der Waals surface area (Å²) >= 11 is 0. The van der Waals surface area contributed by atoms with Crippen LogP contribution < -0.4 is 0 Å². The smallest absolute Gasteiger partial charge is 0.118 e. The highest BCUT2D eigenvalue weighted by atomic mass is 31.0. The van der Waals surface area contributed by atoms with Gasteiger partial charge in [0.05, 0.1) is 0 Å². The molecule has 0 nitrogen and oxygen atoms in total. The summed E-state index contributed by atoms with van der Waals surface area (Å²) in [4.78, 5) is 0. The Bertz CT molecular complexity index is 118. The van der Waals surface area contributed by atoms with E-state index in [2.05, 4.69) is 22.4 Å². The fourth-order valence-corrected chi connectivity index (χ4v) is 0.421. The molecule has 100 valence electrons. The molecule has 1 unspecified atom stereocenters. The summed E-state index contributed by atoms with van der Waals surface area (Å²) in [6.45, 7) is 20.5. The van der Waals surface area contributed by atoms with Crippen molar-refractivity contribution in [2.75, 3.05) is 6.16 Å². The van der Waals surface area contributed by atoms with E-state index in [1.807, 2.05) is 48.5 Å². The number of halogens is 1. The summed E-state index contributed by atoms with van der Waals surface area (Å²) in [6.07, 6.45) is 5.03. The van der Waals surface area contributed by atoms with Crippen LogP contribution in [0.25, 0.3) is 0 Å². The third-order valence-electron chi connectivity index (χ3n) is 0.508. The SMILES string of the molecule is C=C/C(F)=C\CP.C=CC.CC.CC.CC. The summed E-state index contributed by atoms with van der Waals surface area (Å²) in [5.74, 6) is -0.255. The van der Waals surface area contributed by atoms with Crippen LogP contribution in [-0.4, -0.2) is 6.16 Å². The van der Waals surface area contributed by atoms with Crippen LogP contribution in [0.2, 0.25) is 0 Å². The van der Waals surface area contributed by atoms with Gasteiger partial charge in [-0.2, -0.15) is 0 Å². The van der Waals surface area contributed by atoms with Crippen molar-refractivity contribution in [1.29, 1.82) is 0 Å². The van der Waals surface area contributed by atoms with Crippen molar-refractivity contribution in [3.63, 3.8) is 0 Å². The molecule has 1 atom stereocenters. The number of rotatable bonds is 2. The van der Waals surface area contributed by atoms with Gasteiger partial charge < -0.3 is 0 Å². The van der Waals surface area contributed by atoms with Crippen LogP contribution in [0.5, 0.6) is 0 Å². The normalized spacial score (nSPS) is 6.94. The second kappa shape index (κ2) is 62.1. The van der Waals surface area contributed by atoms with Gasteiger partial charge in [0, 0.05) is 0 Å². The highest BCUT2D eigenvalue weighted by Gasteiger charge is 1.77. The third kappa shape index (κ3) is 102. The first-order valence-electron chi connectivity index (χ1n) is 5.98. The van der Waals surface area contributed by atoms with Gasteiger partial charge in [-0.25, -0.2) is 4.39 Å². The van der Waals surface area contributed by atoms with Gasteiger partial charge in [-0.05, 0) is 25.2 Å². The molecule has 0 amide bonds. The Balaban J connectivity index is -0.0000000379. The first-order valence-corrected chi connectivity index (χ1v) is 6.79. The van der Waals surface area contributed by atoms with Crippen LogP contribution >= 0.6 is 9.24 Å². The zero-order valence-corrected chi connectivity index (χ0v) is 13.5. The average molecular weight is 250 g/mol. The molecule has 16 heavy (non-hydrogen) atoms. The van der Waals surface area contributed by atoms with E-state index >= 15 is 0 Å². The van der Waals surface area contributed by atoms with E-state index in [1.165, 1.54) is 12.2 Å². The molecule has 0 aromatic rings. The molecule has 0 aliphatic carbocycles. The third-order valence-corrected chi connectivity index (χ3v) is 0.744. The molecular formula is C14H32FP. The van der Waals surface area contributed by atoms with Gasteiger partial charge in [0.1, 0.15) is 5.83 Å². The van der Waals surface area contributed by atoms with E-state index in [4.69, 9.17) is 0 Å². The van der Waals surface area contributed by atoms with Gasteiger partial charge in [-0.1, -0.05) is 54.2 Å². The maximum atomic E-state index is 11.9. The minimum atomic E-state index is -0.255. The topological polar surface area (TPSA) is 0 Å². The Hall–Kier alpha value is -0.420. The molecule has 0 radical (unpaired) electrons. The van der Waals surface area contributed by atoms with Crippen LogP contribution in [0.1, 0.15) is 48.5 Å². The van der Waals surface area contributed by atoms with Crippen molar-refractivity contribution in [2.24, 2.45) is 0 Å². The largest absolute Gasteiger partial charge is 0.207 e. The van der Waals surface area contributed by atoms with Crippen LogP contribution in [0.4, 0.5) is 4.39 Å². The second-order valence-electron chi connectivity index (χ2n) is 1.44. The van der Waals surface area contributed by atoms with E-state index in [9.17, 15) is 4.39 Å². The van der Waals surface area contributed by atoms with E-state index in [0.717, 1.165) is 0 Å². The number of hydrogen-bond acceptors (Lipinski definition) is 0. The van der Waals surface area contributed by atoms with Crippen molar-refractivity contribution >= 4 is 9.24 Å². The Morgan fingerprint density at radius 3 is 1.38 bits per heavy atom. The van der Waals surface area contributed by atoms with Gasteiger partial charge in [0.2, 0.25) is 0 Å². The van der Waals surface area contributed by atoms with E-state index in [1.54, 1.807) is 6.08 Å². The van der Waals surface area contributed by atoms with E-state index in [-0.39, 0.29) is 5.83 Å². The Morgan fingerprint density at radius 2 is 1.31 bits per heavy atom. The van der Waals surface area contributed by atoms with Gasteiger partial charge >= 0.3 is 0 Å². The molecule has 0 aliphatic rings. The molecule has 0 saturated heterocycles. The Morgan fingerprint density at radius 1 is 1.06 bits per heavy atom. The van der Waals surface area contributed by atoms with Gasteiger partial charge in [0.25, 0.3) is 0 Å². The molecular weight excluding hydrogens is 218 g/mol. The van der Waals surface area contributed by atoms with Crippen molar-refractivity contribution in [3.05, 3.63) is 37.2 Å². The van der Waals surface area contributed by atoms with Crippen LogP contribution in [0.15, 0.2) is 37.2 Å². The fourth-order valence-electron chi connectivity index (χ4n) is 0.196. The highest BCUT2D eigenvalue weighted by Crippen LogP contribution is 1.96. The van der Waals surface area contributed by atoms with Crippen LogP contribution in [0, 0.1) is 0 Å². The molecule has 0 bridgehead atoms. The molecule has 0 fully saturated rings. The molecule has 0 spiro atoms. The van der Waals surface area contributed by atoms with Gasteiger partial charge in [0.15, 0.2) is 0 Å². The van der Waals surface area contributed by atoms with E-state index in [0.29, 0.717) is 6.16 Å². The maximum Gasteiger partial charge on any atom is 0.118 e. The van der Waals surface area contributed by atoms with E-state index < -0.39 is 0 Å². The van der Waals surface area contributed by atoms with Crippen molar-refractivity contribution < 1.29 is 4.39 Å². The zero-order valence-electron chi connectivity index (χ0n) is 12.3. The van der Waals surface area contributed by atoms with Crippen molar-refractivity contribution in [2.45, 2.75) is 48.5 Å². The zero-order chi connectivity index (χ0) is 14.4. The second-order valence-corrected chi connectivity index (χ2v) is 1.91. The number of hydrogen-bond donors (Lipinski definition) is 0. The standard InChI is InChI=1S/C5H8FP.C3H6.3C2H6/c1-2-5(6)3-4-7;1-3-2;3*1-2/h2-3H,1,4,7H2;3H,1H2,2H3;3*1-2H3/b5-3+;;;;. The molecule has 0 heterocycles. The first-order chi connectivity index (χ1) is 7.72. The first kappa shape index (κ1) is 29.6. The van der Waals surface area contributed by atoms with Crippen molar-refractivity contribution in [3.8, 4) is 0 Å². The molecule has 0 aromatic heterocycles. The fraction of sp³-hybridized carbons (Fsp3) is 0.571. The predicted molar refractivity (Wildman–Crippen MR) is 83.9 cm³/mol. The lowest BCUT2D eigenvalue weighted by atomic mass is 10.5. The quantitative estimate of drug-likeness (QED) is 0.312. The maximum absolute atomic E-state index is 11.9. The van der Waals surface area contributed by atoms with Crippen LogP contribution in [0.3, 0.4) is 0 Å². The van der Waals surface area contributed by atoms with Crippen molar-refractivity contribution in [1.82, 2.24) is 0 Å². The van der Waals surface area contributed by atoms with Gasteiger partial charge in [-0.15, -0.1) is 15.8 Å².